The van der Waals surface area contributed by atoms with Crippen molar-refractivity contribution in [1.82, 2.24) is 5.32 Å². The van der Waals surface area contributed by atoms with Crippen molar-refractivity contribution < 1.29 is 4.74 Å². The number of rotatable bonds is 7. The molecule has 0 spiro atoms. The van der Waals surface area contributed by atoms with Crippen LogP contribution in [0.15, 0.2) is 12.7 Å². The molecule has 0 amide bonds. The third-order valence-electron chi connectivity index (χ3n) is 2.62. The van der Waals surface area contributed by atoms with Crippen LogP contribution in [-0.4, -0.2) is 25.8 Å². The molecule has 2 nitrogen and oxygen atoms in total. The molecule has 0 saturated heterocycles. The maximum atomic E-state index is 5.86. The Balaban J connectivity index is 4.47. The third-order valence-corrected chi connectivity index (χ3v) is 2.62. The van der Waals surface area contributed by atoms with Crippen molar-refractivity contribution in [2.45, 2.75) is 52.7 Å². The molecule has 0 saturated carbocycles. The average Bonchev–Trinajstić information content (AvgIpc) is 2.15. The van der Waals surface area contributed by atoms with Crippen LogP contribution in [0.3, 0.4) is 0 Å². The quantitative estimate of drug-likeness (QED) is 0.656. The van der Waals surface area contributed by atoms with Crippen LogP contribution in [0, 0.1) is 5.41 Å². The van der Waals surface area contributed by atoms with Gasteiger partial charge in [-0.1, -0.05) is 26.8 Å². The Bertz CT molecular complexity index is 172. The van der Waals surface area contributed by atoms with E-state index in [1.165, 1.54) is 0 Å². The number of hydrogen-bond donors (Lipinski definition) is 1. The lowest BCUT2D eigenvalue weighted by atomic mass is 9.83. The van der Waals surface area contributed by atoms with Crippen LogP contribution in [0.25, 0.3) is 0 Å². The molecular formula is C13H27NO. The van der Waals surface area contributed by atoms with Crippen molar-refractivity contribution in [3.63, 3.8) is 0 Å². The van der Waals surface area contributed by atoms with E-state index in [9.17, 15) is 0 Å². The summed E-state index contributed by atoms with van der Waals surface area (Å²) < 4.78 is 5.86. The van der Waals surface area contributed by atoms with Crippen molar-refractivity contribution in [2.24, 2.45) is 5.41 Å². The highest BCUT2D eigenvalue weighted by Gasteiger charge is 2.31. The van der Waals surface area contributed by atoms with E-state index in [1.54, 1.807) is 0 Å². The molecule has 2 unspecified atom stereocenters. The zero-order chi connectivity index (χ0) is 11.9. The van der Waals surface area contributed by atoms with Gasteiger partial charge in [0.15, 0.2) is 0 Å². The molecule has 0 heterocycles. The lowest BCUT2D eigenvalue weighted by Crippen LogP contribution is -2.46. The summed E-state index contributed by atoms with van der Waals surface area (Å²) >= 11 is 0. The van der Waals surface area contributed by atoms with E-state index in [1.807, 2.05) is 13.1 Å². The van der Waals surface area contributed by atoms with Crippen molar-refractivity contribution in [2.75, 3.05) is 13.7 Å². The summed E-state index contributed by atoms with van der Waals surface area (Å²) in [6.07, 6.45) is 4.34. The van der Waals surface area contributed by atoms with Gasteiger partial charge >= 0.3 is 0 Å². The first-order valence-corrected chi connectivity index (χ1v) is 5.87. The van der Waals surface area contributed by atoms with Gasteiger partial charge in [-0.25, -0.2) is 0 Å². The van der Waals surface area contributed by atoms with Gasteiger partial charge in [0.05, 0.1) is 6.10 Å². The first-order chi connectivity index (χ1) is 6.97. The second kappa shape index (κ2) is 7.02. The van der Waals surface area contributed by atoms with Gasteiger partial charge in [0.2, 0.25) is 0 Å². The van der Waals surface area contributed by atoms with E-state index in [0.29, 0.717) is 6.04 Å². The number of hydrogen-bond acceptors (Lipinski definition) is 2. The van der Waals surface area contributed by atoms with E-state index in [-0.39, 0.29) is 11.5 Å². The summed E-state index contributed by atoms with van der Waals surface area (Å²) in [7, 11) is 2.01. The molecular weight excluding hydrogens is 186 g/mol. The van der Waals surface area contributed by atoms with Crippen LogP contribution in [0.2, 0.25) is 0 Å². The van der Waals surface area contributed by atoms with Crippen LogP contribution in [0.5, 0.6) is 0 Å². The Morgan fingerprint density at radius 1 is 1.40 bits per heavy atom. The summed E-state index contributed by atoms with van der Waals surface area (Å²) in [5.74, 6) is 0. The molecule has 0 aromatic rings. The largest absolute Gasteiger partial charge is 0.376 e. The normalized spacial score (nSPS) is 16.1. The van der Waals surface area contributed by atoms with Crippen LogP contribution in [0.1, 0.15) is 40.5 Å². The molecule has 0 aromatic heterocycles. The van der Waals surface area contributed by atoms with Crippen LogP contribution >= 0.6 is 0 Å². The predicted molar refractivity (Wildman–Crippen MR) is 67.1 cm³/mol. The molecule has 0 aromatic carbocycles. The minimum absolute atomic E-state index is 0.171. The van der Waals surface area contributed by atoms with E-state index in [0.717, 1.165) is 19.4 Å². The fourth-order valence-electron chi connectivity index (χ4n) is 1.89. The van der Waals surface area contributed by atoms with Gasteiger partial charge in [-0.05, 0) is 32.2 Å². The maximum Gasteiger partial charge on any atom is 0.0775 e. The van der Waals surface area contributed by atoms with Gasteiger partial charge < -0.3 is 10.1 Å². The number of ether oxygens (including phenoxy) is 1. The maximum absolute atomic E-state index is 5.86. The number of likely N-dealkylation sites (N-methyl/N-ethyl adjacent to an activating group) is 1. The lowest BCUT2D eigenvalue weighted by molar-refractivity contribution is -0.0356. The Kier molecular flexibility index (Phi) is 6.86. The minimum atomic E-state index is 0.171. The van der Waals surface area contributed by atoms with Crippen molar-refractivity contribution >= 4 is 0 Å². The van der Waals surface area contributed by atoms with E-state index in [4.69, 9.17) is 4.74 Å². The van der Waals surface area contributed by atoms with E-state index in [2.05, 4.69) is 39.6 Å². The first-order valence-electron chi connectivity index (χ1n) is 5.87. The van der Waals surface area contributed by atoms with Gasteiger partial charge in [0, 0.05) is 12.6 Å². The molecule has 0 aliphatic carbocycles. The topological polar surface area (TPSA) is 21.3 Å². The highest BCUT2D eigenvalue weighted by Crippen LogP contribution is 2.26. The zero-order valence-electron chi connectivity index (χ0n) is 11.0. The zero-order valence-corrected chi connectivity index (χ0v) is 11.0. The fourth-order valence-corrected chi connectivity index (χ4v) is 1.89. The van der Waals surface area contributed by atoms with Crippen LogP contribution < -0.4 is 5.32 Å². The Morgan fingerprint density at radius 2 is 2.00 bits per heavy atom. The smallest absolute Gasteiger partial charge is 0.0775 e. The standard InChI is InChI=1S/C13H27NO/c1-7-9-10-11(14-6)12(15-8-2)13(3,4)5/h7,11-12,14H,1,8-10H2,2-6H3. The first kappa shape index (κ1) is 14.7. The molecule has 2 atom stereocenters. The second-order valence-electron chi connectivity index (χ2n) is 5.00. The van der Waals surface area contributed by atoms with Gasteiger partial charge in [0.1, 0.15) is 0 Å². The van der Waals surface area contributed by atoms with Crippen LogP contribution in [0.4, 0.5) is 0 Å². The average molecular weight is 213 g/mol. The number of nitrogens with one attached hydrogen (secondary N) is 1. The lowest BCUT2D eigenvalue weighted by Gasteiger charge is -2.36. The summed E-state index contributed by atoms with van der Waals surface area (Å²) in [4.78, 5) is 0. The highest BCUT2D eigenvalue weighted by molar-refractivity contribution is 4.87. The fraction of sp³-hybridized carbons (Fsp3) is 0.846. The van der Waals surface area contributed by atoms with Crippen LogP contribution in [-0.2, 0) is 4.74 Å². The monoisotopic (exact) mass is 213 g/mol. The van der Waals surface area contributed by atoms with E-state index < -0.39 is 0 Å². The second-order valence-corrected chi connectivity index (χ2v) is 5.00. The summed E-state index contributed by atoms with van der Waals surface area (Å²) in [6.45, 7) is 13.3. The summed E-state index contributed by atoms with van der Waals surface area (Å²) in [6, 6.07) is 0.406. The molecule has 0 rings (SSSR count). The predicted octanol–water partition coefficient (Wildman–Crippen LogP) is 2.99. The van der Waals surface area contributed by atoms with Gasteiger partial charge in [-0.15, -0.1) is 6.58 Å². The molecule has 0 aliphatic rings. The minimum Gasteiger partial charge on any atom is -0.376 e. The summed E-state index contributed by atoms with van der Waals surface area (Å²) in [5.41, 5.74) is 0.171. The van der Waals surface area contributed by atoms with Crippen molar-refractivity contribution in [3.05, 3.63) is 12.7 Å². The molecule has 0 bridgehead atoms. The van der Waals surface area contributed by atoms with E-state index >= 15 is 0 Å². The van der Waals surface area contributed by atoms with Crippen molar-refractivity contribution in [3.8, 4) is 0 Å². The highest BCUT2D eigenvalue weighted by atomic mass is 16.5. The summed E-state index contributed by atoms with van der Waals surface area (Å²) in [5, 5.41) is 3.36. The number of allylic oxidation sites excluding steroid dienone is 1. The molecule has 2 heteroatoms. The van der Waals surface area contributed by atoms with Crippen molar-refractivity contribution in [1.29, 1.82) is 0 Å². The Morgan fingerprint density at radius 3 is 2.33 bits per heavy atom. The van der Waals surface area contributed by atoms with Gasteiger partial charge in [0.25, 0.3) is 0 Å². The van der Waals surface area contributed by atoms with Gasteiger partial charge in [-0.2, -0.15) is 0 Å². The molecule has 0 aliphatic heterocycles. The molecule has 0 radical (unpaired) electrons. The molecule has 90 valence electrons. The molecule has 0 fully saturated rings. The van der Waals surface area contributed by atoms with Gasteiger partial charge in [-0.3, -0.25) is 0 Å². The molecule has 15 heavy (non-hydrogen) atoms. The Labute approximate surface area is 95.1 Å². The third kappa shape index (κ3) is 5.33. The SMILES string of the molecule is C=CCCC(NC)C(OCC)C(C)(C)C. The Hall–Kier alpha value is -0.340. The molecule has 1 N–H and O–H groups in total.